The molecule has 0 saturated heterocycles. The van der Waals surface area contributed by atoms with E-state index in [0.717, 1.165) is 12.5 Å². The molecule has 0 amide bonds. The van der Waals surface area contributed by atoms with Crippen molar-refractivity contribution in [1.82, 2.24) is 29.3 Å². The molecule has 4 aromatic rings. The Morgan fingerprint density at radius 3 is 2.59 bits per heavy atom. The van der Waals surface area contributed by atoms with E-state index in [1.165, 1.54) is 33.8 Å². The summed E-state index contributed by atoms with van der Waals surface area (Å²) in [4.78, 5) is 23.1. The predicted octanol–water partition coefficient (Wildman–Crippen LogP) is 2.38. The van der Waals surface area contributed by atoms with Gasteiger partial charge in [0.1, 0.15) is 9.84 Å². The third-order valence-electron chi connectivity index (χ3n) is 4.86. The average Bonchev–Trinajstić information content (AvgIpc) is 3.30. The highest BCUT2D eigenvalue weighted by Gasteiger charge is 2.41. The maximum absolute atomic E-state index is 13.4. The Balaban J connectivity index is 1.63. The first-order chi connectivity index (χ1) is 15.0. The zero-order chi connectivity index (χ0) is 23.1. The number of nitrogens with one attached hydrogen (secondary N) is 1. The second-order valence-electron chi connectivity index (χ2n) is 7.24. The number of aromatic amines is 1. The summed E-state index contributed by atoms with van der Waals surface area (Å²) in [5.41, 5.74) is 0.803. The summed E-state index contributed by atoms with van der Waals surface area (Å²) in [5.74, 6) is -2.31. The maximum Gasteiger partial charge on any atom is 0.395 e. The van der Waals surface area contributed by atoms with E-state index in [9.17, 15) is 26.4 Å². The monoisotopic (exact) mass is 466 g/mol. The van der Waals surface area contributed by atoms with Crippen molar-refractivity contribution in [3.63, 3.8) is 0 Å². The van der Waals surface area contributed by atoms with Crippen molar-refractivity contribution in [2.75, 3.05) is 12.0 Å². The third-order valence-corrected chi connectivity index (χ3v) is 5.84. The Morgan fingerprint density at radius 1 is 1.16 bits per heavy atom. The van der Waals surface area contributed by atoms with Crippen molar-refractivity contribution in [3.8, 4) is 11.5 Å². The molecular weight excluding hydrogens is 449 g/mol. The van der Waals surface area contributed by atoms with Crippen LogP contribution in [0.2, 0.25) is 0 Å². The van der Waals surface area contributed by atoms with Gasteiger partial charge in [-0.2, -0.15) is 18.3 Å². The SMILES string of the molecule is CS(=O)(=O)CCC(c1ccc(-n2cc(-n3c(=O)[nH]c4ncccc43)cn2)nc1)C(F)(F)F. The van der Waals surface area contributed by atoms with Gasteiger partial charge in [0.15, 0.2) is 11.5 Å². The Bertz CT molecular complexity index is 1420. The number of alkyl halides is 3. The number of halogens is 3. The number of hydrogen-bond acceptors (Lipinski definition) is 6. The summed E-state index contributed by atoms with van der Waals surface area (Å²) in [6.45, 7) is 0. The Morgan fingerprint density at radius 2 is 1.94 bits per heavy atom. The first-order valence-corrected chi connectivity index (χ1v) is 11.4. The van der Waals surface area contributed by atoms with E-state index < -0.39 is 39.8 Å². The summed E-state index contributed by atoms with van der Waals surface area (Å²) in [7, 11) is -3.55. The molecule has 0 fully saturated rings. The average molecular weight is 466 g/mol. The van der Waals surface area contributed by atoms with Gasteiger partial charge in [-0.3, -0.25) is 9.55 Å². The standard InChI is InChI=1S/C19H17F3N6O3S/c1-32(30,31)8-6-14(19(20,21)22)12-4-5-16(24-9-12)27-11-13(10-25-27)28-15-3-2-7-23-17(15)26-18(28)29/h2-5,7,9-11,14H,6,8H2,1H3,(H,23,26,29). The fraction of sp³-hybridized carbons (Fsp3) is 0.263. The highest BCUT2D eigenvalue weighted by molar-refractivity contribution is 7.90. The smallest absolute Gasteiger partial charge is 0.290 e. The van der Waals surface area contributed by atoms with E-state index >= 15 is 0 Å². The lowest BCUT2D eigenvalue weighted by molar-refractivity contribution is -0.150. The number of sulfone groups is 1. The minimum absolute atomic E-state index is 0.142. The number of hydrogen-bond donors (Lipinski definition) is 1. The van der Waals surface area contributed by atoms with E-state index in [-0.39, 0.29) is 11.4 Å². The normalized spacial score (nSPS) is 13.5. The van der Waals surface area contributed by atoms with Crippen LogP contribution in [0.1, 0.15) is 17.9 Å². The van der Waals surface area contributed by atoms with Crippen LogP contribution in [0.3, 0.4) is 0 Å². The highest BCUT2D eigenvalue weighted by atomic mass is 32.2. The first kappa shape index (κ1) is 21.7. The third kappa shape index (κ3) is 4.42. The summed E-state index contributed by atoms with van der Waals surface area (Å²) in [5, 5.41) is 4.14. The number of pyridine rings is 2. The molecule has 0 saturated carbocycles. The number of aromatic nitrogens is 6. The topological polar surface area (TPSA) is 116 Å². The molecular formula is C19H17F3N6O3S. The number of nitrogens with zero attached hydrogens (tertiary/aromatic N) is 5. The molecule has 0 spiro atoms. The molecule has 4 heterocycles. The zero-order valence-electron chi connectivity index (χ0n) is 16.6. The van der Waals surface area contributed by atoms with Crippen molar-refractivity contribution in [2.45, 2.75) is 18.5 Å². The molecule has 9 nitrogen and oxygen atoms in total. The fourth-order valence-electron chi connectivity index (χ4n) is 3.34. The van der Waals surface area contributed by atoms with Gasteiger partial charge in [-0.15, -0.1) is 0 Å². The molecule has 0 aliphatic rings. The van der Waals surface area contributed by atoms with Crippen molar-refractivity contribution in [1.29, 1.82) is 0 Å². The van der Waals surface area contributed by atoms with Gasteiger partial charge >= 0.3 is 11.9 Å². The lowest BCUT2D eigenvalue weighted by atomic mass is 9.97. The van der Waals surface area contributed by atoms with Gasteiger partial charge in [0.25, 0.3) is 0 Å². The van der Waals surface area contributed by atoms with E-state index in [4.69, 9.17) is 0 Å². The quantitative estimate of drug-likeness (QED) is 0.467. The lowest BCUT2D eigenvalue weighted by Gasteiger charge is -2.20. The van der Waals surface area contributed by atoms with Gasteiger partial charge in [0.05, 0.1) is 35.3 Å². The van der Waals surface area contributed by atoms with Gasteiger partial charge < -0.3 is 0 Å². The fourth-order valence-corrected chi connectivity index (χ4v) is 4.00. The van der Waals surface area contributed by atoms with Crippen LogP contribution in [0.25, 0.3) is 22.7 Å². The van der Waals surface area contributed by atoms with Crippen LogP contribution < -0.4 is 5.69 Å². The largest absolute Gasteiger partial charge is 0.395 e. The lowest BCUT2D eigenvalue weighted by Crippen LogP contribution is -2.23. The molecule has 1 atom stereocenters. The van der Waals surface area contributed by atoms with Crippen molar-refractivity contribution >= 4 is 21.0 Å². The highest BCUT2D eigenvalue weighted by Crippen LogP contribution is 2.37. The molecule has 4 rings (SSSR count). The van der Waals surface area contributed by atoms with Crippen molar-refractivity contribution < 1.29 is 21.6 Å². The Hall–Kier alpha value is -3.48. The molecule has 0 bridgehead atoms. The number of H-pyrrole nitrogens is 1. The minimum Gasteiger partial charge on any atom is -0.290 e. The van der Waals surface area contributed by atoms with Crippen LogP contribution in [-0.2, 0) is 9.84 Å². The summed E-state index contributed by atoms with van der Waals surface area (Å²) in [6, 6.07) is 5.98. The molecule has 1 unspecified atom stereocenters. The Kier molecular flexibility index (Phi) is 5.36. The predicted molar refractivity (Wildman–Crippen MR) is 110 cm³/mol. The molecule has 0 aromatic carbocycles. The minimum atomic E-state index is -4.61. The molecule has 32 heavy (non-hydrogen) atoms. The molecule has 168 valence electrons. The van der Waals surface area contributed by atoms with Gasteiger partial charge in [-0.25, -0.2) is 27.9 Å². The summed E-state index contributed by atoms with van der Waals surface area (Å²) in [6.07, 6.45) is 1.22. The zero-order valence-corrected chi connectivity index (χ0v) is 17.4. The van der Waals surface area contributed by atoms with Crippen molar-refractivity contribution in [2.24, 2.45) is 0 Å². The molecule has 4 aromatic heterocycles. The molecule has 1 N–H and O–H groups in total. The van der Waals surface area contributed by atoms with Crippen LogP contribution >= 0.6 is 0 Å². The second kappa shape index (κ2) is 7.89. The summed E-state index contributed by atoms with van der Waals surface area (Å²) >= 11 is 0. The number of imidazole rings is 1. The van der Waals surface area contributed by atoms with Crippen LogP contribution in [0, 0.1) is 0 Å². The van der Waals surface area contributed by atoms with Crippen molar-refractivity contribution in [3.05, 3.63) is 65.1 Å². The van der Waals surface area contributed by atoms with Crippen LogP contribution in [0.15, 0.2) is 53.8 Å². The van der Waals surface area contributed by atoms with Gasteiger partial charge in [-0.1, -0.05) is 6.07 Å². The first-order valence-electron chi connectivity index (χ1n) is 9.34. The van der Waals surface area contributed by atoms with E-state index in [1.54, 1.807) is 18.3 Å². The van der Waals surface area contributed by atoms with Gasteiger partial charge in [0.2, 0.25) is 0 Å². The Labute approximate surface area is 179 Å². The van der Waals surface area contributed by atoms with E-state index in [2.05, 4.69) is 20.1 Å². The van der Waals surface area contributed by atoms with Crippen LogP contribution in [-0.4, -0.2) is 55.9 Å². The van der Waals surface area contributed by atoms with Crippen LogP contribution in [0.4, 0.5) is 13.2 Å². The van der Waals surface area contributed by atoms with E-state index in [0.29, 0.717) is 16.9 Å². The molecule has 0 aliphatic carbocycles. The molecule has 13 heteroatoms. The second-order valence-corrected chi connectivity index (χ2v) is 9.50. The molecule has 0 aliphatic heterocycles. The van der Waals surface area contributed by atoms with Gasteiger partial charge in [0, 0.05) is 18.6 Å². The van der Waals surface area contributed by atoms with Crippen LogP contribution in [0.5, 0.6) is 0 Å². The molecule has 0 radical (unpaired) electrons. The number of fused-ring (bicyclic) bond motifs is 1. The van der Waals surface area contributed by atoms with Gasteiger partial charge in [-0.05, 0) is 30.2 Å². The summed E-state index contributed by atoms with van der Waals surface area (Å²) < 4.78 is 65.7. The van der Waals surface area contributed by atoms with E-state index in [1.807, 2.05) is 0 Å². The number of rotatable bonds is 6. The maximum atomic E-state index is 13.4.